The summed E-state index contributed by atoms with van der Waals surface area (Å²) in [5, 5.41) is 24.1. The largest absolute Gasteiger partial charge is 0.349 e. The molecule has 0 aliphatic carbocycles. The summed E-state index contributed by atoms with van der Waals surface area (Å²) in [5.74, 6) is -0.398. The quantitative estimate of drug-likeness (QED) is 0.656. The van der Waals surface area contributed by atoms with Gasteiger partial charge in [0.15, 0.2) is 0 Å². The van der Waals surface area contributed by atoms with Crippen LogP contribution in [0.2, 0.25) is 0 Å². The first-order chi connectivity index (χ1) is 9.22. The van der Waals surface area contributed by atoms with Crippen molar-refractivity contribution in [3.63, 3.8) is 0 Å². The number of benzene rings is 1. The van der Waals surface area contributed by atoms with Crippen LogP contribution in [0.5, 0.6) is 0 Å². The van der Waals surface area contributed by atoms with Crippen LogP contribution in [-0.2, 0) is 0 Å². The number of amides is 1. The third kappa shape index (κ3) is 3.74. The lowest BCUT2D eigenvalue weighted by molar-refractivity contribution is -0.394. The van der Waals surface area contributed by atoms with Gasteiger partial charge >= 0.3 is 0 Å². The van der Waals surface area contributed by atoms with Gasteiger partial charge in [-0.2, -0.15) is 0 Å². The third-order valence-electron chi connectivity index (χ3n) is 2.95. The van der Waals surface area contributed by atoms with Crippen LogP contribution in [0.4, 0.5) is 11.4 Å². The van der Waals surface area contributed by atoms with E-state index in [0.717, 1.165) is 18.2 Å². The summed E-state index contributed by atoms with van der Waals surface area (Å²) in [6.45, 7) is 5.59. The number of nitro groups is 2. The number of nitrogens with one attached hydrogen (secondary N) is 1. The van der Waals surface area contributed by atoms with Gasteiger partial charge in [0, 0.05) is 18.2 Å². The van der Waals surface area contributed by atoms with Crippen molar-refractivity contribution in [2.45, 2.75) is 26.8 Å². The van der Waals surface area contributed by atoms with Crippen molar-refractivity contribution >= 4 is 17.3 Å². The Morgan fingerprint density at radius 3 is 1.85 bits per heavy atom. The van der Waals surface area contributed by atoms with Crippen LogP contribution in [-0.4, -0.2) is 21.8 Å². The van der Waals surface area contributed by atoms with Gasteiger partial charge in [0.1, 0.15) is 0 Å². The molecule has 0 radical (unpaired) electrons. The van der Waals surface area contributed by atoms with E-state index < -0.39 is 27.1 Å². The van der Waals surface area contributed by atoms with Crippen LogP contribution >= 0.6 is 0 Å². The van der Waals surface area contributed by atoms with Gasteiger partial charge in [0.05, 0.1) is 21.5 Å². The van der Waals surface area contributed by atoms with Crippen LogP contribution in [0.15, 0.2) is 18.2 Å². The van der Waals surface area contributed by atoms with Crippen LogP contribution in [0, 0.1) is 26.1 Å². The van der Waals surface area contributed by atoms with Crippen molar-refractivity contribution in [1.82, 2.24) is 5.32 Å². The van der Waals surface area contributed by atoms with Crippen LogP contribution in [0.3, 0.4) is 0 Å². The summed E-state index contributed by atoms with van der Waals surface area (Å²) in [6.07, 6.45) is 0. The monoisotopic (exact) mass is 281 g/mol. The molecule has 0 bridgehead atoms. The predicted octanol–water partition coefficient (Wildman–Crippen LogP) is 2.28. The molecule has 0 aliphatic heterocycles. The molecular weight excluding hydrogens is 266 g/mol. The van der Waals surface area contributed by atoms with Crippen molar-refractivity contribution in [1.29, 1.82) is 0 Å². The van der Waals surface area contributed by atoms with Gasteiger partial charge in [0.25, 0.3) is 17.3 Å². The molecule has 1 N–H and O–H groups in total. The predicted molar refractivity (Wildman–Crippen MR) is 71.5 cm³/mol. The lowest BCUT2D eigenvalue weighted by Gasteiger charge is -2.17. The van der Waals surface area contributed by atoms with Crippen molar-refractivity contribution in [3.8, 4) is 0 Å². The minimum absolute atomic E-state index is 0.0987. The van der Waals surface area contributed by atoms with Crippen LogP contribution in [0.1, 0.15) is 31.1 Å². The molecule has 0 aliphatic rings. The lowest BCUT2D eigenvalue weighted by Crippen LogP contribution is -2.36. The van der Waals surface area contributed by atoms with Crippen molar-refractivity contribution in [3.05, 3.63) is 44.0 Å². The van der Waals surface area contributed by atoms with Gasteiger partial charge in [-0.15, -0.1) is 0 Å². The zero-order chi connectivity index (χ0) is 15.4. The number of carbonyl (C=O) groups is 1. The number of rotatable bonds is 5. The van der Waals surface area contributed by atoms with Gasteiger partial charge in [0.2, 0.25) is 0 Å². The summed E-state index contributed by atoms with van der Waals surface area (Å²) in [7, 11) is 0. The molecule has 8 nitrogen and oxygen atoms in total. The highest BCUT2D eigenvalue weighted by Crippen LogP contribution is 2.22. The first kappa shape index (κ1) is 15.5. The molecule has 8 heteroatoms. The second-order valence-corrected chi connectivity index (χ2v) is 4.76. The highest BCUT2D eigenvalue weighted by Gasteiger charge is 2.21. The molecule has 1 amide bonds. The number of carbonyl (C=O) groups excluding carboxylic acids is 1. The zero-order valence-electron chi connectivity index (χ0n) is 11.3. The van der Waals surface area contributed by atoms with E-state index in [1.165, 1.54) is 0 Å². The van der Waals surface area contributed by atoms with Gasteiger partial charge in [-0.25, -0.2) is 0 Å². The maximum Gasteiger partial charge on any atom is 0.277 e. The van der Waals surface area contributed by atoms with E-state index >= 15 is 0 Å². The maximum absolute atomic E-state index is 12.0. The van der Waals surface area contributed by atoms with E-state index in [-0.39, 0.29) is 17.5 Å². The smallest absolute Gasteiger partial charge is 0.277 e. The second kappa shape index (κ2) is 6.09. The topological polar surface area (TPSA) is 115 Å². The maximum atomic E-state index is 12.0. The molecule has 20 heavy (non-hydrogen) atoms. The Bertz CT molecular complexity index is 524. The standard InChI is InChI=1S/C12H15N3O5/c1-7(2)8(3)13-12(16)9-4-10(14(17)18)6-11(5-9)15(19)20/h4-8H,1-3H3,(H,13,16). The summed E-state index contributed by atoms with van der Waals surface area (Å²) in [4.78, 5) is 31.9. The summed E-state index contributed by atoms with van der Waals surface area (Å²) in [6, 6.07) is 2.72. The zero-order valence-corrected chi connectivity index (χ0v) is 11.3. The highest BCUT2D eigenvalue weighted by molar-refractivity contribution is 5.95. The van der Waals surface area contributed by atoms with Crippen LogP contribution < -0.4 is 5.32 Å². The Hall–Kier alpha value is -2.51. The van der Waals surface area contributed by atoms with Gasteiger partial charge < -0.3 is 5.32 Å². The molecule has 0 spiro atoms. The van der Waals surface area contributed by atoms with Crippen molar-refractivity contribution in [2.75, 3.05) is 0 Å². The van der Waals surface area contributed by atoms with Gasteiger partial charge in [-0.3, -0.25) is 25.0 Å². The molecule has 0 fully saturated rings. The van der Waals surface area contributed by atoms with E-state index in [1.807, 2.05) is 13.8 Å². The number of hydrogen-bond donors (Lipinski definition) is 1. The van der Waals surface area contributed by atoms with Gasteiger partial charge in [-0.1, -0.05) is 13.8 Å². The fourth-order valence-corrected chi connectivity index (χ4v) is 1.39. The minimum atomic E-state index is -0.768. The first-order valence-electron chi connectivity index (χ1n) is 5.97. The Morgan fingerprint density at radius 2 is 1.50 bits per heavy atom. The Kier molecular flexibility index (Phi) is 4.73. The van der Waals surface area contributed by atoms with Crippen molar-refractivity contribution < 1.29 is 14.6 Å². The molecule has 1 aromatic carbocycles. The molecular formula is C12H15N3O5. The van der Waals surface area contributed by atoms with E-state index in [0.29, 0.717) is 0 Å². The number of nitrogens with zero attached hydrogens (tertiary/aromatic N) is 2. The molecule has 1 rings (SSSR count). The first-order valence-corrected chi connectivity index (χ1v) is 5.97. The number of nitro benzene ring substituents is 2. The Morgan fingerprint density at radius 1 is 1.05 bits per heavy atom. The fourth-order valence-electron chi connectivity index (χ4n) is 1.39. The summed E-state index contributed by atoms with van der Waals surface area (Å²) in [5.41, 5.74) is -1.07. The second-order valence-electron chi connectivity index (χ2n) is 4.76. The number of hydrogen-bond acceptors (Lipinski definition) is 5. The molecule has 0 aromatic heterocycles. The molecule has 0 saturated carbocycles. The van der Waals surface area contributed by atoms with Gasteiger partial charge in [-0.05, 0) is 12.8 Å². The SMILES string of the molecule is CC(C)C(C)NC(=O)c1cc([N+](=O)[O-])cc([N+](=O)[O-])c1. The molecule has 108 valence electrons. The van der Waals surface area contributed by atoms with E-state index in [9.17, 15) is 25.0 Å². The lowest BCUT2D eigenvalue weighted by atomic mass is 10.1. The third-order valence-corrected chi connectivity index (χ3v) is 2.95. The summed E-state index contributed by atoms with van der Waals surface area (Å²) >= 11 is 0. The Balaban J connectivity index is 3.13. The van der Waals surface area contributed by atoms with E-state index in [4.69, 9.17) is 0 Å². The van der Waals surface area contributed by atoms with E-state index in [1.54, 1.807) is 6.92 Å². The molecule has 0 heterocycles. The normalized spacial score (nSPS) is 12.0. The molecule has 0 saturated heterocycles. The molecule has 1 atom stereocenters. The minimum Gasteiger partial charge on any atom is -0.349 e. The highest BCUT2D eigenvalue weighted by atomic mass is 16.6. The average molecular weight is 281 g/mol. The summed E-state index contributed by atoms with van der Waals surface area (Å²) < 4.78 is 0. The fraction of sp³-hybridized carbons (Fsp3) is 0.417. The molecule has 1 aromatic rings. The average Bonchev–Trinajstić information content (AvgIpc) is 2.37. The number of non-ortho nitro benzene ring substituents is 2. The van der Waals surface area contributed by atoms with Crippen molar-refractivity contribution in [2.24, 2.45) is 5.92 Å². The Labute approximate surface area is 115 Å². The molecule has 1 unspecified atom stereocenters. The van der Waals surface area contributed by atoms with Crippen LogP contribution in [0.25, 0.3) is 0 Å². The van der Waals surface area contributed by atoms with E-state index in [2.05, 4.69) is 5.32 Å².